The summed E-state index contributed by atoms with van der Waals surface area (Å²) in [7, 11) is -1.88. The molecule has 1 saturated carbocycles. The Labute approximate surface area is 237 Å². The van der Waals surface area contributed by atoms with Gasteiger partial charge in [-0.15, -0.1) is 0 Å². The molecule has 0 amide bonds. The van der Waals surface area contributed by atoms with E-state index in [0.29, 0.717) is 16.1 Å². The molecule has 8 heteroatoms. The molecule has 0 bridgehead atoms. The number of benzene rings is 1. The maximum absolute atomic E-state index is 12.6. The number of allylic oxidation sites excluding steroid dienone is 4. The van der Waals surface area contributed by atoms with Gasteiger partial charge in [-0.2, -0.15) is 5.10 Å². The number of rotatable bonds is 7. The number of nitrogens with zero attached hydrogens (tertiary/aromatic N) is 3. The van der Waals surface area contributed by atoms with E-state index in [1.165, 1.54) is 57.0 Å². The molecule has 3 aliphatic rings. The average Bonchev–Trinajstić information content (AvgIpc) is 3.62. The second-order valence-electron chi connectivity index (χ2n) is 12.2. The fourth-order valence-corrected chi connectivity index (χ4v) is 7.95. The number of hydrogen-bond acceptors (Lipinski definition) is 6. The summed E-state index contributed by atoms with van der Waals surface area (Å²) in [5.74, 6) is -0.0368. The fourth-order valence-electron chi connectivity index (χ4n) is 6.78. The van der Waals surface area contributed by atoms with Crippen LogP contribution >= 0.6 is 0 Å². The number of fused-ring (bicyclic) bond motifs is 2. The second kappa shape index (κ2) is 10.5. The number of sulfone groups is 1. The van der Waals surface area contributed by atoms with Gasteiger partial charge in [-0.1, -0.05) is 31.2 Å². The molecular weight excluding hydrogens is 520 g/mol. The van der Waals surface area contributed by atoms with Crippen molar-refractivity contribution in [2.75, 3.05) is 32.6 Å². The number of likely N-dealkylation sites (tertiary alicyclic amines) is 1. The predicted octanol–water partition coefficient (Wildman–Crippen LogP) is 5.99. The Morgan fingerprint density at radius 3 is 2.50 bits per heavy atom. The van der Waals surface area contributed by atoms with Crippen LogP contribution in [0.2, 0.25) is 0 Å². The molecule has 7 nitrogen and oxygen atoms in total. The molecule has 3 aromatic rings. The maximum atomic E-state index is 12.6. The van der Waals surface area contributed by atoms with Gasteiger partial charge in [-0.25, -0.2) is 13.4 Å². The van der Waals surface area contributed by atoms with Crippen LogP contribution in [0.5, 0.6) is 0 Å². The van der Waals surface area contributed by atoms with E-state index in [9.17, 15) is 8.42 Å². The SMILES string of the molecule is COCCS(=O)(=O)c1ccc(-c2[nH]nc3ncc(C4(C)C=C5CCC(C)(N6CCCC6)CCC5=CC4)cc23)cc1. The highest BCUT2D eigenvalue weighted by Gasteiger charge is 2.37. The Kier molecular flexibility index (Phi) is 7.21. The first kappa shape index (κ1) is 27.4. The summed E-state index contributed by atoms with van der Waals surface area (Å²) < 4.78 is 30.1. The molecule has 0 spiro atoms. The molecule has 1 aliphatic heterocycles. The lowest BCUT2D eigenvalue weighted by molar-refractivity contribution is 0.119. The third kappa shape index (κ3) is 5.06. The van der Waals surface area contributed by atoms with Crippen LogP contribution in [-0.2, 0) is 20.0 Å². The summed E-state index contributed by atoms with van der Waals surface area (Å²) in [6, 6.07) is 9.20. The van der Waals surface area contributed by atoms with Crippen molar-refractivity contribution >= 4 is 20.9 Å². The number of aromatic nitrogens is 3. The summed E-state index contributed by atoms with van der Waals surface area (Å²) in [6.45, 7) is 7.47. The van der Waals surface area contributed by atoms with Gasteiger partial charge in [0.05, 0.1) is 22.9 Å². The highest BCUT2D eigenvalue weighted by molar-refractivity contribution is 7.91. The van der Waals surface area contributed by atoms with Crippen molar-refractivity contribution in [2.45, 2.75) is 74.6 Å². The molecule has 6 rings (SSSR count). The summed E-state index contributed by atoms with van der Waals surface area (Å²) in [4.78, 5) is 7.76. The largest absolute Gasteiger partial charge is 0.384 e. The number of pyridine rings is 1. The molecule has 2 aromatic heterocycles. The molecule has 1 aromatic carbocycles. The standard InChI is InChI=1S/C32H40N4O3S/c1-31(13-10-23-11-14-32(2,15-12-25(23)21-31)36-16-4-5-17-36)26-20-28-29(34-35-30(28)33-22-26)24-6-8-27(9-7-24)40(37,38)19-18-39-3/h6-10,20-22H,4-5,11-19H2,1-3H3,(H,33,34,35). The van der Waals surface area contributed by atoms with Crippen LogP contribution in [0.4, 0.5) is 0 Å². The van der Waals surface area contributed by atoms with E-state index in [2.05, 4.69) is 47.2 Å². The van der Waals surface area contributed by atoms with Crippen molar-refractivity contribution in [1.29, 1.82) is 0 Å². The first-order valence-corrected chi connectivity index (χ1v) is 16.2. The number of aromatic amines is 1. The Morgan fingerprint density at radius 1 is 1.05 bits per heavy atom. The van der Waals surface area contributed by atoms with E-state index in [0.717, 1.165) is 35.9 Å². The number of ether oxygens (including phenoxy) is 1. The zero-order valence-corrected chi connectivity index (χ0v) is 24.7. The van der Waals surface area contributed by atoms with Crippen LogP contribution < -0.4 is 0 Å². The van der Waals surface area contributed by atoms with Crippen molar-refractivity contribution in [3.8, 4) is 11.3 Å². The zero-order valence-electron chi connectivity index (χ0n) is 23.9. The third-order valence-electron chi connectivity index (χ3n) is 9.54. The molecule has 1 N–H and O–H groups in total. The normalized spacial score (nSPS) is 25.9. The molecule has 212 valence electrons. The van der Waals surface area contributed by atoms with Gasteiger partial charge in [-0.05, 0) is 99.9 Å². The van der Waals surface area contributed by atoms with Gasteiger partial charge in [0.1, 0.15) is 0 Å². The van der Waals surface area contributed by atoms with Gasteiger partial charge in [0.2, 0.25) is 0 Å². The zero-order chi connectivity index (χ0) is 28.0. The second-order valence-corrected chi connectivity index (χ2v) is 14.4. The van der Waals surface area contributed by atoms with Gasteiger partial charge >= 0.3 is 0 Å². The van der Waals surface area contributed by atoms with Gasteiger partial charge in [0.25, 0.3) is 0 Å². The molecule has 40 heavy (non-hydrogen) atoms. The van der Waals surface area contributed by atoms with Crippen LogP contribution in [0.15, 0.2) is 64.7 Å². The number of hydrogen-bond donors (Lipinski definition) is 1. The summed E-state index contributed by atoms with van der Waals surface area (Å²) >= 11 is 0. The Balaban J connectivity index is 1.27. The van der Waals surface area contributed by atoms with Crippen LogP contribution in [0, 0.1) is 0 Å². The van der Waals surface area contributed by atoms with Crippen molar-refractivity contribution in [1.82, 2.24) is 20.1 Å². The minimum Gasteiger partial charge on any atom is -0.384 e. The lowest BCUT2D eigenvalue weighted by atomic mass is 9.73. The monoisotopic (exact) mass is 560 g/mol. The quantitative estimate of drug-likeness (QED) is 0.382. The average molecular weight is 561 g/mol. The Bertz CT molecular complexity index is 1570. The third-order valence-corrected chi connectivity index (χ3v) is 11.2. The predicted molar refractivity (Wildman–Crippen MR) is 159 cm³/mol. The summed E-state index contributed by atoms with van der Waals surface area (Å²) in [5.41, 5.74) is 6.79. The first-order valence-electron chi connectivity index (χ1n) is 14.5. The van der Waals surface area contributed by atoms with Gasteiger partial charge in [0.15, 0.2) is 15.5 Å². The Morgan fingerprint density at radius 2 is 1.77 bits per heavy atom. The van der Waals surface area contributed by atoms with Crippen LogP contribution in [0.25, 0.3) is 22.3 Å². The van der Waals surface area contributed by atoms with Gasteiger partial charge < -0.3 is 4.74 Å². The van der Waals surface area contributed by atoms with Crippen molar-refractivity contribution in [2.24, 2.45) is 0 Å². The minimum absolute atomic E-state index is 0.0368. The molecule has 2 atom stereocenters. The van der Waals surface area contributed by atoms with Crippen molar-refractivity contribution in [3.63, 3.8) is 0 Å². The lowest BCUT2D eigenvalue weighted by Gasteiger charge is -2.38. The van der Waals surface area contributed by atoms with E-state index in [-0.39, 0.29) is 17.8 Å². The van der Waals surface area contributed by atoms with E-state index >= 15 is 0 Å². The Hall–Kier alpha value is -2.81. The van der Waals surface area contributed by atoms with E-state index in [1.807, 2.05) is 18.3 Å². The summed E-state index contributed by atoms with van der Waals surface area (Å²) in [6.07, 6.45) is 15.3. The number of nitrogens with one attached hydrogen (secondary N) is 1. The molecule has 2 unspecified atom stereocenters. The molecule has 2 fully saturated rings. The van der Waals surface area contributed by atoms with Gasteiger partial charge in [0, 0.05) is 35.2 Å². The van der Waals surface area contributed by atoms with Crippen LogP contribution in [-0.4, -0.2) is 66.6 Å². The van der Waals surface area contributed by atoms with Gasteiger partial charge in [-0.3, -0.25) is 10.00 Å². The highest BCUT2D eigenvalue weighted by atomic mass is 32.2. The molecule has 2 aliphatic carbocycles. The molecule has 3 heterocycles. The fraction of sp³-hybridized carbons (Fsp3) is 0.500. The maximum Gasteiger partial charge on any atom is 0.181 e. The topological polar surface area (TPSA) is 88.2 Å². The first-order chi connectivity index (χ1) is 19.2. The van der Waals surface area contributed by atoms with E-state index in [1.54, 1.807) is 17.7 Å². The number of methoxy groups -OCH3 is 1. The smallest absolute Gasteiger partial charge is 0.181 e. The minimum atomic E-state index is -3.38. The summed E-state index contributed by atoms with van der Waals surface area (Å²) in [5, 5.41) is 8.53. The molecule has 0 radical (unpaired) electrons. The van der Waals surface area contributed by atoms with E-state index < -0.39 is 9.84 Å². The lowest BCUT2D eigenvalue weighted by Crippen LogP contribution is -2.44. The van der Waals surface area contributed by atoms with Crippen LogP contribution in [0.3, 0.4) is 0 Å². The van der Waals surface area contributed by atoms with Crippen molar-refractivity contribution in [3.05, 3.63) is 65.4 Å². The molecule has 1 saturated heterocycles. The van der Waals surface area contributed by atoms with E-state index in [4.69, 9.17) is 9.72 Å². The van der Waals surface area contributed by atoms with Crippen molar-refractivity contribution < 1.29 is 13.2 Å². The molecular formula is C32H40N4O3S. The van der Waals surface area contributed by atoms with Crippen LogP contribution in [0.1, 0.15) is 64.4 Å². The highest BCUT2D eigenvalue weighted by Crippen LogP contribution is 2.45. The number of H-pyrrole nitrogens is 1.